The number of para-hydroxylation sites is 1. The Morgan fingerprint density at radius 1 is 1.03 bits per heavy atom. The van der Waals surface area contributed by atoms with Crippen LogP contribution in [0.15, 0.2) is 84.9 Å². The van der Waals surface area contributed by atoms with E-state index in [1.54, 1.807) is 17.7 Å². The average molecular weight is 542 g/mol. The van der Waals surface area contributed by atoms with Crippen LogP contribution in [0.5, 0.6) is 0 Å². The molecule has 5 rings (SSSR count). The van der Waals surface area contributed by atoms with Crippen molar-refractivity contribution >= 4 is 45.9 Å². The van der Waals surface area contributed by atoms with E-state index in [9.17, 15) is 19.7 Å². The van der Waals surface area contributed by atoms with E-state index in [0.717, 1.165) is 17.3 Å². The van der Waals surface area contributed by atoms with Gasteiger partial charge in [-0.15, -0.1) is 0 Å². The molecular formula is C28H20ClN5O5. The Morgan fingerprint density at radius 3 is 2.41 bits per heavy atom. The van der Waals surface area contributed by atoms with E-state index >= 15 is 0 Å². The Balaban J connectivity index is 1.47. The number of hydrogen-bond donors (Lipinski definition) is 1. The van der Waals surface area contributed by atoms with Crippen LogP contribution in [0, 0.1) is 17.0 Å². The molecule has 1 N–H and O–H groups in total. The third-order valence-electron chi connectivity index (χ3n) is 5.87. The van der Waals surface area contributed by atoms with Gasteiger partial charge in [0.25, 0.3) is 11.6 Å². The predicted octanol–water partition coefficient (Wildman–Crippen LogP) is 5.75. The highest BCUT2D eigenvalue weighted by Crippen LogP contribution is 2.30. The van der Waals surface area contributed by atoms with Crippen molar-refractivity contribution in [2.75, 3.05) is 11.9 Å². The van der Waals surface area contributed by atoms with Crippen molar-refractivity contribution in [1.82, 2.24) is 14.8 Å². The number of esters is 1. The van der Waals surface area contributed by atoms with Gasteiger partial charge in [-0.1, -0.05) is 60.1 Å². The Bertz CT molecular complexity index is 1720. The number of non-ortho nitro benzene ring substituents is 1. The van der Waals surface area contributed by atoms with Crippen LogP contribution in [0.1, 0.15) is 16.1 Å². The van der Waals surface area contributed by atoms with Crippen molar-refractivity contribution in [2.45, 2.75) is 6.92 Å². The first-order chi connectivity index (χ1) is 18.8. The van der Waals surface area contributed by atoms with Gasteiger partial charge < -0.3 is 10.1 Å². The highest BCUT2D eigenvalue weighted by Gasteiger charge is 2.23. The summed E-state index contributed by atoms with van der Waals surface area (Å²) in [5, 5.41) is 18.7. The normalized spacial score (nSPS) is 10.8. The van der Waals surface area contributed by atoms with Crippen LogP contribution in [0.3, 0.4) is 0 Å². The van der Waals surface area contributed by atoms with Crippen LogP contribution in [0.2, 0.25) is 5.02 Å². The molecule has 10 nitrogen and oxygen atoms in total. The summed E-state index contributed by atoms with van der Waals surface area (Å²) in [6, 6.07) is 24.0. The first kappa shape index (κ1) is 25.6. The number of hydrogen-bond acceptors (Lipinski definition) is 7. The van der Waals surface area contributed by atoms with Crippen LogP contribution in [0.25, 0.3) is 28.0 Å². The van der Waals surface area contributed by atoms with E-state index in [1.807, 2.05) is 60.7 Å². The van der Waals surface area contributed by atoms with Gasteiger partial charge in [-0.2, -0.15) is 5.10 Å². The largest absolute Gasteiger partial charge is 0.452 e. The first-order valence-corrected chi connectivity index (χ1v) is 12.1. The van der Waals surface area contributed by atoms with E-state index < -0.39 is 23.4 Å². The first-order valence-electron chi connectivity index (χ1n) is 11.7. The number of nitrogens with one attached hydrogen (secondary N) is 1. The second-order valence-electron chi connectivity index (χ2n) is 8.50. The predicted molar refractivity (Wildman–Crippen MR) is 146 cm³/mol. The minimum atomic E-state index is -0.754. The van der Waals surface area contributed by atoms with Crippen molar-refractivity contribution in [3.05, 3.63) is 111 Å². The lowest BCUT2D eigenvalue weighted by Crippen LogP contribution is -2.21. The second kappa shape index (κ2) is 10.7. The molecule has 2 aromatic heterocycles. The number of carbonyl (C=O) groups excluding carboxylic acids is 2. The lowest BCUT2D eigenvalue weighted by atomic mass is 10.1. The maximum Gasteiger partial charge on any atom is 0.339 e. The van der Waals surface area contributed by atoms with Crippen LogP contribution in [0.4, 0.5) is 11.4 Å². The number of amides is 1. The minimum absolute atomic E-state index is 0.0320. The molecule has 0 atom stereocenters. The number of nitrogens with zero attached hydrogens (tertiary/aromatic N) is 4. The third kappa shape index (κ3) is 5.32. The van der Waals surface area contributed by atoms with Crippen LogP contribution in [-0.2, 0) is 9.53 Å². The van der Waals surface area contributed by atoms with Crippen molar-refractivity contribution in [3.8, 4) is 16.9 Å². The quantitative estimate of drug-likeness (QED) is 0.158. The molecule has 0 fully saturated rings. The van der Waals surface area contributed by atoms with E-state index in [4.69, 9.17) is 21.3 Å². The van der Waals surface area contributed by atoms with Gasteiger partial charge in [0.05, 0.1) is 43.7 Å². The fraction of sp³-hybridized carbons (Fsp3) is 0.0714. The summed E-state index contributed by atoms with van der Waals surface area (Å²) in [6.45, 7) is 1.12. The smallest absolute Gasteiger partial charge is 0.339 e. The fourth-order valence-electron chi connectivity index (χ4n) is 4.07. The van der Waals surface area contributed by atoms with Crippen LogP contribution in [-0.4, -0.2) is 38.2 Å². The van der Waals surface area contributed by atoms with E-state index in [0.29, 0.717) is 22.4 Å². The average Bonchev–Trinajstić information content (AvgIpc) is 3.29. The van der Waals surface area contributed by atoms with E-state index in [2.05, 4.69) is 10.4 Å². The number of fused-ring (bicyclic) bond motifs is 1. The Kier molecular flexibility index (Phi) is 7.02. The number of nitro benzene ring substituents is 1. The van der Waals surface area contributed by atoms with Gasteiger partial charge in [0.1, 0.15) is 0 Å². The Labute approximate surface area is 227 Å². The zero-order valence-corrected chi connectivity index (χ0v) is 21.3. The van der Waals surface area contributed by atoms with Gasteiger partial charge in [-0.25, -0.2) is 14.5 Å². The zero-order valence-electron chi connectivity index (χ0n) is 20.5. The molecule has 0 saturated heterocycles. The van der Waals surface area contributed by atoms with Gasteiger partial charge in [0.15, 0.2) is 12.3 Å². The van der Waals surface area contributed by atoms with Crippen molar-refractivity contribution in [2.24, 2.45) is 0 Å². The van der Waals surface area contributed by atoms with E-state index in [1.165, 1.54) is 12.1 Å². The number of halogens is 1. The number of pyridine rings is 1. The molecule has 0 spiro atoms. The molecule has 11 heteroatoms. The number of carbonyl (C=O) groups is 2. The monoisotopic (exact) mass is 541 g/mol. The van der Waals surface area contributed by atoms with Crippen molar-refractivity contribution in [1.29, 1.82) is 0 Å². The lowest BCUT2D eigenvalue weighted by Gasteiger charge is -2.10. The third-order valence-corrected chi connectivity index (χ3v) is 6.20. The lowest BCUT2D eigenvalue weighted by molar-refractivity contribution is -0.384. The Morgan fingerprint density at radius 2 is 1.72 bits per heavy atom. The maximum absolute atomic E-state index is 13.3. The molecule has 39 heavy (non-hydrogen) atoms. The van der Waals surface area contributed by atoms with Gasteiger partial charge in [0.2, 0.25) is 0 Å². The molecular weight excluding hydrogens is 522 g/mol. The number of ether oxygens (including phenoxy) is 1. The summed E-state index contributed by atoms with van der Waals surface area (Å²) in [5.41, 5.74) is 3.07. The Hall–Kier alpha value is -5.09. The van der Waals surface area contributed by atoms with Crippen molar-refractivity contribution in [3.63, 3.8) is 0 Å². The molecule has 0 aliphatic heterocycles. The molecule has 194 valence electrons. The van der Waals surface area contributed by atoms with E-state index in [-0.39, 0.29) is 22.0 Å². The maximum atomic E-state index is 13.3. The van der Waals surface area contributed by atoms with Crippen LogP contribution >= 0.6 is 11.6 Å². The number of anilines is 1. The fourth-order valence-corrected chi connectivity index (χ4v) is 4.24. The standard InChI is InChI=1S/C28H20ClN5O5/c1-17-26-21(28(36)39-16-25(35)30-24-14-20(34(37)38)12-13-22(24)29)15-23(18-8-4-2-5-9-18)31-27(26)33(32-17)19-10-6-3-7-11-19/h2-15H,16H2,1H3,(H,30,35). The molecule has 0 aliphatic carbocycles. The number of rotatable bonds is 7. The summed E-state index contributed by atoms with van der Waals surface area (Å²) in [7, 11) is 0. The second-order valence-corrected chi connectivity index (χ2v) is 8.91. The highest BCUT2D eigenvalue weighted by atomic mass is 35.5. The van der Waals surface area contributed by atoms with Gasteiger partial charge >= 0.3 is 5.97 Å². The number of nitro groups is 1. The summed E-state index contributed by atoms with van der Waals surface area (Å²) in [4.78, 5) is 41.1. The highest BCUT2D eigenvalue weighted by molar-refractivity contribution is 6.33. The number of benzene rings is 3. The molecule has 0 saturated carbocycles. The summed E-state index contributed by atoms with van der Waals surface area (Å²) >= 11 is 6.05. The van der Waals surface area contributed by atoms with Crippen LogP contribution < -0.4 is 5.32 Å². The molecule has 3 aromatic carbocycles. The number of aromatic nitrogens is 3. The summed E-state index contributed by atoms with van der Waals surface area (Å²) in [5.74, 6) is -1.47. The molecule has 0 bridgehead atoms. The van der Waals surface area contributed by atoms with Crippen molar-refractivity contribution < 1.29 is 19.2 Å². The molecule has 1 amide bonds. The zero-order chi connectivity index (χ0) is 27.5. The summed E-state index contributed by atoms with van der Waals surface area (Å²) < 4.78 is 7.01. The molecule has 2 heterocycles. The minimum Gasteiger partial charge on any atom is -0.452 e. The van der Waals surface area contributed by atoms with Gasteiger partial charge in [-0.3, -0.25) is 14.9 Å². The van der Waals surface area contributed by atoms with Gasteiger partial charge in [0, 0.05) is 17.7 Å². The topological polar surface area (TPSA) is 129 Å². The molecule has 5 aromatic rings. The molecule has 0 aliphatic rings. The van der Waals surface area contributed by atoms with Gasteiger partial charge in [-0.05, 0) is 31.2 Å². The molecule has 0 unspecified atom stereocenters. The number of aryl methyl sites for hydroxylation is 1. The molecule has 0 radical (unpaired) electrons. The SMILES string of the molecule is Cc1nn(-c2ccccc2)c2nc(-c3ccccc3)cc(C(=O)OCC(=O)Nc3cc([N+](=O)[O-])ccc3Cl)c12. The summed E-state index contributed by atoms with van der Waals surface area (Å²) in [6.07, 6.45) is 0.